The van der Waals surface area contributed by atoms with Crippen molar-refractivity contribution in [2.45, 2.75) is 32.1 Å². The Bertz CT molecular complexity index is 530. The molecule has 0 heterocycles. The number of ether oxygens (including phenoxy) is 1. The molecule has 0 fully saturated rings. The van der Waals surface area contributed by atoms with Crippen molar-refractivity contribution in [2.75, 3.05) is 0 Å². The first kappa shape index (κ1) is 17.4. The van der Waals surface area contributed by atoms with Gasteiger partial charge in [-0.05, 0) is 17.5 Å². The number of nitrogens with two attached hydrogens (primary N) is 1. The molecule has 0 bridgehead atoms. The minimum atomic E-state index is -1.17. The predicted molar refractivity (Wildman–Crippen MR) is 72.9 cm³/mol. The van der Waals surface area contributed by atoms with E-state index in [2.05, 4.69) is 4.84 Å². The Kier molecular flexibility index (Phi) is 6.77. The molecular weight excluding hydrogens is 296 g/mol. The number of esters is 1. The van der Waals surface area contributed by atoms with Gasteiger partial charge >= 0.3 is 11.9 Å². The average Bonchev–Trinajstić information content (AvgIpc) is 2.49. The van der Waals surface area contributed by atoms with Crippen LogP contribution in [0.1, 0.15) is 24.0 Å². The molecule has 120 valence electrons. The van der Waals surface area contributed by atoms with Crippen molar-refractivity contribution in [3.8, 4) is 0 Å². The summed E-state index contributed by atoms with van der Waals surface area (Å²) in [6, 6.07) is 5.44. The number of rotatable bonds is 9. The normalized spacial score (nSPS) is 11.5. The van der Waals surface area contributed by atoms with Crippen LogP contribution in [0, 0.1) is 10.1 Å². The first-order valence-electron chi connectivity index (χ1n) is 6.37. The second-order valence-electron chi connectivity index (χ2n) is 4.46. The summed E-state index contributed by atoms with van der Waals surface area (Å²) in [5.74, 6) is -1.71. The van der Waals surface area contributed by atoms with Crippen LogP contribution < -0.4 is 5.73 Å². The molecule has 3 N–H and O–H groups in total. The molecule has 0 unspecified atom stereocenters. The number of carboxylic acids is 1. The van der Waals surface area contributed by atoms with Gasteiger partial charge in [-0.1, -0.05) is 24.3 Å². The third-order valence-electron chi connectivity index (χ3n) is 2.74. The van der Waals surface area contributed by atoms with Crippen LogP contribution >= 0.6 is 0 Å². The zero-order chi connectivity index (χ0) is 16.5. The molecule has 9 heteroatoms. The van der Waals surface area contributed by atoms with Gasteiger partial charge in [0.2, 0.25) is 0 Å². The third-order valence-corrected chi connectivity index (χ3v) is 2.74. The summed E-state index contributed by atoms with van der Waals surface area (Å²) in [4.78, 5) is 36.2. The van der Waals surface area contributed by atoms with Crippen LogP contribution in [0.15, 0.2) is 24.3 Å². The lowest BCUT2D eigenvalue weighted by Gasteiger charge is -2.07. The van der Waals surface area contributed by atoms with Crippen LogP contribution in [0.5, 0.6) is 0 Å². The molecule has 0 aliphatic heterocycles. The summed E-state index contributed by atoms with van der Waals surface area (Å²) in [6.07, 6.45) is -0.0758. The van der Waals surface area contributed by atoms with Gasteiger partial charge in [-0.25, -0.2) is 0 Å². The molecule has 0 aliphatic rings. The number of hydrogen-bond donors (Lipinski definition) is 2. The number of carboxylic acid groups (broad SMARTS) is 1. The molecule has 22 heavy (non-hydrogen) atoms. The van der Waals surface area contributed by atoms with E-state index in [0.29, 0.717) is 11.1 Å². The topological polar surface area (TPSA) is 142 Å². The highest BCUT2D eigenvalue weighted by atomic mass is 16.9. The highest BCUT2D eigenvalue weighted by Crippen LogP contribution is 2.08. The van der Waals surface area contributed by atoms with Crippen LogP contribution in [-0.2, 0) is 32.4 Å². The highest BCUT2D eigenvalue weighted by molar-refractivity contribution is 5.75. The Morgan fingerprint density at radius 1 is 1.23 bits per heavy atom. The number of carbonyl (C=O) groups is 2. The Hall–Kier alpha value is -2.68. The van der Waals surface area contributed by atoms with Crippen LogP contribution in [0.25, 0.3) is 0 Å². The van der Waals surface area contributed by atoms with E-state index in [9.17, 15) is 19.7 Å². The van der Waals surface area contributed by atoms with Crippen molar-refractivity contribution in [1.82, 2.24) is 0 Å². The number of hydrogen-bond acceptors (Lipinski definition) is 7. The molecule has 0 saturated heterocycles. The van der Waals surface area contributed by atoms with Gasteiger partial charge in [0, 0.05) is 6.42 Å². The van der Waals surface area contributed by atoms with Crippen LogP contribution in [0.4, 0.5) is 0 Å². The summed E-state index contributed by atoms with van der Waals surface area (Å²) in [5.41, 5.74) is 6.58. The fourth-order valence-corrected chi connectivity index (χ4v) is 1.49. The molecule has 0 amide bonds. The molecule has 1 rings (SSSR count). The molecule has 1 atom stereocenters. The lowest BCUT2D eigenvalue weighted by atomic mass is 10.1. The van der Waals surface area contributed by atoms with Crippen molar-refractivity contribution in [3.05, 3.63) is 45.5 Å². The summed E-state index contributed by atoms with van der Waals surface area (Å²) < 4.78 is 4.97. The zero-order valence-electron chi connectivity index (χ0n) is 11.6. The predicted octanol–water partition coefficient (Wildman–Crippen LogP) is 0.630. The van der Waals surface area contributed by atoms with Crippen molar-refractivity contribution in [1.29, 1.82) is 0 Å². The maximum atomic E-state index is 11.4. The Balaban J connectivity index is 2.33. The fraction of sp³-hybridized carbons (Fsp3) is 0.385. The second kappa shape index (κ2) is 8.57. The molecule has 0 aromatic heterocycles. The Morgan fingerprint density at radius 2 is 1.77 bits per heavy atom. The van der Waals surface area contributed by atoms with E-state index >= 15 is 0 Å². The molecule has 1 aromatic carbocycles. The monoisotopic (exact) mass is 312 g/mol. The van der Waals surface area contributed by atoms with E-state index in [1.54, 1.807) is 24.3 Å². The first-order valence-corrected chi connectivity index (χ1v) is 6.37. The van der Waals surface area contributed by atoms with E-state index in [0.717, 1.165) is 0 Å². The number of aliphatic carboxylic acids is 1. The van der Waals surface area contributed by atoms with Gasteiger partial charge in [0.15, 0.2) is 0 Å². The van der Waals surface area contributed by atoms with Gasteiger partial charge in [0.25, 0.3) is 5.09 Å². The largest absolute Gasteiger partial charge is 0.480 e. The minimum Gasteiger partial charge on any atom is -0.480 e. The van der Waals surface area contributed by atoms with Gasteiger partial charge < -0.3 is 20.4 Å². The van der Waals surface area contributed by atoms with Crippen LogP contribution in [0.3, 0.4) is 0 Å². The molecule has 0 spiro atoms. The maximum absolute atomic E-state index is 11.4. The average molecular weight is 312 g/mol. The summed E-state index contributed by atoms with van der Waals surface area (Å²) in [6.45, 7) is -0.127. The third kappa shape index (κ3) is 6.66. The first-order chi connectivity index (χ1) is 10.4. The SMILES string of the molecule is N[C@@H](CCC(=O)OCc1ccc(CO[N+](=O)[O-])cc1)C(=O)O. The standard InChI is InChI=1S/C13H16N2O7/c14-11(13(17)18)5-6-12(16)21-7-9-1-3-10(4-2-9)8-22-15(19)20/h1-4,11H,5-8,14H2,(H,17,18)/t11-/m0/s1. The zero-order valence-corrected chi connectivity index (χ0v) is 11.6. The molecule has 9 nitrogen and oxygen atoms in total. The molecule has 0 radical (unpaired) electrons. The maximum Gasteiger partial charge on any atom is 0.320 e. The summed E-state index contributed by atoms with van der Waals surface area (Å²) in [7, 11) is 0. The number of nitrogens with zero attached hydrogens (tertiary/aromatic N) is 1. The molecule has 0 aliphatic carbocycles. The van der Waals surface area contributed by atoms with Gasteiger partial charge in [0.1, 0.15) is 19.3 Å². The molecule has 1 aromatic rings. The molecular formula is C13H16N2O7. The van der Waals surface area contributed by atoms with Gasteiger partial charge in [0.05, 0.1) is 0 Å². The number of carbonyl (C=O) groups excluding carboxylic acids is 1. The van der Waals surface area contributed by atoms with E-state index in [1.165, 1.54) is 0 Å². The smallest absolute Gasteiger partial charge is 0.320 e. The van der Waals surface area contributed by atoms with Crippen molar-refractivity contribution >= 4 is 11.9 Å². The Labute approximate surface area is 125 Å². The van der Waals surface area contributed by atoms with E-state index in [4.69, 9.17) is 15.6 Å². The lowest BCUT2D eigenvalue weighted by Crippen LogP contribution is -2.30. The van der Waals surface area contributed by atoms with E-state index < -0.39 is 23.1 Å². The van der Waals surface area contributed by atoms with Crippen LogP contribution in [-0.4, -0.2) is 28.2 Å². The van der Waals surface area contributed by atoms with Crippen molar-refractivity contribution < 1.29 is 29.4 Å². The second-order valence-corrected chi connectivity index (χ2v) is 4.46. The quantitative estimate of drug-likeness (QED) is 0.384. The van der Waals surface area contributed by atoms with Gasteiger partial charge in [-0.3, -0.25) is 9.59 Å². The highest BCUT2D eigenvalue weighted by Gasteiger charge is 2.14. The fourth-order valence-electron chi connectivity index (χ4n) is 1.49. The summed E-state index contributed by atoms with van der Waals surface area (Å²) >= 11 is 0. The van der Waals surface area contributed by atoms with Crippen LogP contribution in [0.2, 0.25) is 0 Å². The minimum absolute atomic E-state index is 0.00529. The van der Waals surface area contributed by atoms with Crippen molar-refractivity contribution in [3.63, 3.8) is 0 Å². The lowest BCUT2D eigenvalue weighted by molar-refractivity contribution is -0.763. The van der Waals surface area contributed by atoms with Gasteiger partial charge in [-0.2, -0.15) is 0 Å². The number of benzene rings is 1. The molecule has 0 saturated carbocycles. The summed E-state index contributed by atoms with van der Waals surface area (Å²) in [5, 5.41) is 17.7. The van der Waals surface area contributed by atoms with E-state index in [1.807, 2.05) is 0 Å². The van der Waals surface area contributed by atoms with Crippen molar-refractivity contribution in [2.24, 2.45) is 5.73 Å². The van der Waals surface area contributed by atoms with E-state index in [-0.39, 0.29) is 26.1 Å². The Morgan fingerprint density at radius 3 is 2.27 bits per heavy atom. The van der Waals surface area contributed by atoms with Gasteiger partial charge in [-0.15, -0.1) is 10.1 Å².